The van der Waals surface area contributed by atoms with Crippen LogP contribution in [0.1, 0.15) is 18.4 Å². The van der Waals surface area contributed by atoms with Crippen LogP contribution in [0.25, 0.3) is 0 Å². The van der Waals surface area contributed by atoms with Crippen LogP contribution in [-0.2, 0) is 19.7 Å². The van der Waals surface area contributed by atoms with Crippen LogP contribution in [0.2, 0.25) is 0 Å². The summed E-state index contributed by atoms with van der Waals surface area (Å²) in [5.74, 6) is 0. The first kappa shape index (κ1) is 15.3. The molecule has 0 N–H and O–H groups in total. The molecule has 0 atom stereocenters. The van der Waals surface area contributed by atoms with E-state index in [4.69, 9.17) is 13.3 Å². The maximum atomic E-state index is 12.2. The monoisotopic (exact) mass is 272 g/mol. The van der Waals surface area contributed by atoms with Crippen molar-refractivity contribution in [2.24, 2.45) is 0 Å². The van der Waals surface area contributed by atoms with Crippen molar-refractivity contribution in [3.8, 4) is 0 Å². The number of unbranched alkanes of at least 4 members (excludes halogenated alkanes) is 1. The van der Waals surface area contributed by atoms with Gasteiger partial charge in [0.15, 0.2) is 0 Å². The maximum Gasteiger partial charge on any atom is 0.536 e. The van der Waals surface area contributed by atoms with Gasteiger partial charge in [0, 0.05) is 26.5 Å². The summed E-state index contributed by atoms with van der Waals surface area (Å²) >= 11 is 0. The summed E-state index contributed by atoms with van der Waals surface area (Å²) in [6.07, 6.45) is 2.20. The van der Waals surface area contributed by atoms with E-state index in [1.807, 2.05) is 24.3 Å². The Balaban J connectivity index is 2.99. The third kappa shape index (κ3) is 3.38. The van der Waals surface area contributed by atoms with Gasteiger partial charge in [-0.25, -0.2) is 0 Å². The van der Waals surface area contributed by atoms with E-state index in [9.17, 15) is 4.39 Å². The van der Waals surface area contributed by atoms with Gasteiger partial charge in [-0.2, -0.15) is 0 Å². The lowest BCUT2D eigenvalue weighted by Gasteiger charge is -2.26. The van der Waals surface area contributed by atoms with Crippen molar-refractivity contribution in [3.05, 3.63) is 29.8 Å². The third-order valence-corrected chi connectivity index (χ3v) is 5.74. The molecule has 1 rings (SSSR count). The van der Waals surface area contributed by atoms with Crippen LogP contribution in [0.15, 0.2) is 24.3 Å². The molecule has 0 bridgehead atoms. The molecule has 102 valence electrons. The van der Waals surface area contributed by atoms with E-state index in [1.54, 1.807) is 21.3 Å². The average Bonchev–Trinajstić information content (AvgIpc) is 2.43. The van der Waals surface area contributed by atoms with Gasteiger partial charge in [0.2, 0.25) is 0 Å². The second-order valence-corrected chi connectivity index (χ2v) is 6.85. The van der Waals surface area contributed by atoms with Crippen molar-refractivity contribution < 1.29 is 17.7 Å². The molecule has 0 unspecified atom stereocenters. The molecule has 0 aromatic heterocycles. The molecule has 0 spiro atoms. The van der Waals surface area contributed by atoms with Gasteiger partial charge in [0.1, 0.15) is 0 Å². The van der Waals surface area contributed by atoms with Crippen LogP contribution in [0.4, 0.5) is 4.39 Å². The molecular formula is C13H21FO3Si. The fourth-order valence-electron chi connectivity index (χ4n) is 2.03. The molecular weight excluding hydrogens is 251 g/mol. The molecule has 0 aliphatic heterocycles. The Hall–Kier alpha value is -0.753. The minimum atomic E-state index is -2.79. The average molecular weight is 272 g/mol. The van der Waals surface area contributed by atoms with Gasteiger partial charge >= 0.3 is 8.80 Å². The SMILES string of the molecule is CO[Si](OC)(OC)c1ccccc1CCCCF. The lowest BCUT2D eigenvalue weighted by molar-refractivity contribution is 0.140. The second kappa shape index (κ2) is 7.63. The Morgan fingerprint density at radius 1 is 1.00 bits per heavy atom. The number of hydrogen-bond acceptors (Lipinski definition) is 3. The molecule has 3 nitrogen and oxygen atoms in total. The van der Waals surface area contributed by atoms with Gasteiger partial charge in [-0.3, -0.25) is 4.39 Å². The van der Waals surface area contributed by atoms with E-state index in [-0.39, 0.29) is 6.67 Å². The predicted molar refractivity (Wildman–Crippen MR) is 71.8 cm³/mol. The topological polar surface area (TPSA) is 27.7 Å². The van der Waals surface area contributed by atoms with E-state index in [0.717, 1.165) is 23.6 Å². The summed E-state index contributed by atoms with van der Waals surface area (Å²) in [5, 5.41) is 0.969. The standard InChI is InChI=1S/C13H21FO3Si/c1-15-18(16-2,17-3)13-10-5-4-8-12(13)9-6-7-11-14/h4-5,8,10H,6-7,9,11H2,1-3H3. The molecule has 0 aliphatic rings. The van der Waals surface area contributed by atoms with Crippen molar-refractivity contribution in [1.29, 1.82) is 0 Å². The van der Waals surface area contributed by atoms with Crippen molar-refractivity contribution in [1.82, 2.24) is 0 Å². The van der Waals surface area contributed by atoms with E-state index in [2.05, 4.69) is 0 Å². The first-order chi connectivity index (χ1) is 8.74. The minimum absolute atomic E-state index is 0.274. The molecule has 1 aromatic carbocycles. The smallest absolute Gasteiger partial charge is 0.373 e. The minimum Gasteiger partial charge on any atom is -0.373 e. The van der Waals surface area contributed by atoms with Gasteiger partial charge in [0.25, 0.3) is 0 Å². The highest BCUT2D eigenvalue weighted by atomic mass is 28.4. The number of alkyl halides is 1. The van der Waals surface area contributed by atoms with Crippen LogP contribution in [0, 0.1) is 0 Å². The van der Waals surface area contributed by atoms with Gasteiger partial charge < -0.3 is 13.3 Å². The summed E-state index contributed by atoms with van der Waals surface area (Å²) in [4.78, 5) is 0. The third-order valence-electron chi connectivity index (χ3n) is 2.98. The highest BCUT2D eigenvalue weighted by molar-refractivity contribution is 6.75. The van der Waals surface area contributed by atoms with Crippen LogP contribution in [-0.4, -0.2) is 36.8 Å². The van der Waals surface area contributed by atoms with E-state index in [0.29, 0.717) is 6.42 Å². The second-order valence-electron chi connectivity index (χ2n) is 3.97. The number of rotatable bonds is 8. The Labute approximate surface area is 109 Å². The molecule has 0 amide bonds. The molecule has 0 aliphatic carbocycles. The predicted octanol–water partition coefficient (Wildman–Crippen LogP) is 2.06. The summed E-state index contributed by atoms with van der Waals surface area (Å²) in [5.41, 5.74) is 1.11. The fraction of sp³-hybridized carbons (Fsp3) is 0.538. The molecule has 18 heavy (non-hydrogen) atoms. The first-order valence-corrected chi connectivity index (χ1v) is 7.76. The van der Waals surface area contributed by atoms with Gasteiger partial charge in [-0.1, -0.05) is 24.3 Å². The van der Waals surface area contributed by atoms with Crippen molar-refractivity contribution >= 4 is 14.0 Å². The number of hydrogen-bond donors (Lipinski definition) is 0. The first-order valence-electron chi connectivity index (χ1n) is 6.04. The van der Waals surface area contributed by atoms with Crippen molar-refractivity contribution in [3.63, 3.8) is 0 Å². The molecule has 0 saturated heterocycles. The summed E-state index contributed by atoms with van der Waals surface area (Å²) in [6.45, 7) is -0.274. The van der Waals surface area contributed by atoms with Crippen LogP contribution >= 0.6 is 0 Å². The van der Waals surface area contributed by atoms with Crippen LogP contribution < -0.4 is 5.19 Å². The summed E-state index contributed by atoms with van der Waals surface area (Å²) in [6, 6.07) is 7.89. The van der Waals surface area contributed by atoms with Crippen LogP contribution in [0.3, 0.4) is 0 Å². The molecule has 0 fully saturated rings. The number of aryl methyl sites for hydroxylation is 1. The summed E-state index contributed by atoms with van der Waals surface area (Å²) in [7, 11) is 1.99. The Kier molecular flexibility index (Phi) is 6.49. The zero-order valence-corrected chi connectivity index (χ0v) is 12.2. The van der Waals surface area contributed by atoms with E-state index in [1.165, 1.54) is 0 Å². The van der Waals surface area contributed by atoms with E-state index < -0.39 is 8.80 Å². The van der Waals surface area contributed by atoms with Gasteiger partial charge in [0.05, 0.1) is 6.67 Å². The molecule has 5 heteroatoms. The Morgan fingerprint density at radius 2 is 1.61 bits per heavy atom. The Bertz CT molecular complexity index is 348. The maximum absolute atomic E-state index is 12.2. The summed E-state index contributed by atoms with van der Waals surface area (Å²) < 4.78 is 28.6. The molecule has 0 saturated carbocycles. The zero-order valence-electron chi connectivity index (χ0n) is 11.2. The highest BCUT2D eigenvalue weighted by Crippen LogP contribution is 2.12. The quantitative estimate of drug-likeness (QED) is 0.535. The zero-order chi connectivity index (χ0) is 13.4. The van der Waals surface area contributed by atoms with Crippen molar-refractivity contribution in [2.75, 3.05) is 28.0 Å². The van der Waals surface area contributed by atoms with Gasteiger partial charge in [-0.15, -0.1) is 0 Å². The molecule has 1 aromatic rings. The van der Waals surface area contributed by atoms with E-state index >= 15 is 0 Å². The van der Waals surface area contributed by atoms with Gasteiger partial charge in [-0.05, 0) is 24.8 Å². The highest BCUT2D eigenvalue weighted by Gasteiger charge is 2.42. The number of halogens is 1. The number of benzene rings is 1. The lowest BCUT2D eigenvalue weighted by Crippen LogP contribution is -2.55. The molecule has 0 radical (unpaired) electrons. The normalized spacial score (nSPS) is 11.8. The van der Waals surface area contributed by atoms with Crippen molar-refractivity contribution in [2.45, 2.75) is 19.3 Å². The van der Waals surface area contributed by atoms with Crippen LogP contribution in [0.5, 0.6) is 0 Å². The lowest BCUT2D eigenvalue weighted by atomic mass is 10.1. The molecule has 0 heterocycles. The largest absolute Gasteiger partial charge is 0.536 e. The fourth-order valence-corrected chi connectivity index (χ4v) is 4.09. The Morgan fingerprint density at radius 3 is 2.17 bits per heavy atom.